The minimum absolute atomic E-state index is 0.0626. The Balaban J connectivity index is 0.000000512. The Morgan fingerprint density at radius 1 is 0.977 bits per heavy atom. The third kappa shape index (κ3) is 14.0. The monoisotopic (exact) mass is 680 g/mol. The van der Waals surface area contributed by atoms with E-state index < -0.39 is 52.9 Å². The first-order chi connectivity index (χ1) is 19.4. The van der Waals surface area contributed by atoms with Crippen LogP contribution in [0.3, 0.4) is 0 Å². The van der Waals surface area contributed by atoms with Crippen LogP contribution in [0.15, 0.2) is 36.9 Å². The summed E-state index contributed by atoms with van der Waals surface area (Å²) in [6, 6.07) is 6.31. The molecule has 0 aliphatic carbocycles. The number of hydrogen-bond acceptors (Lipinski definition) is 12. The molecule has 3 aromatic rings. The zero-order chi connectivity index (χ0) is 33.4. The van der Waals surface area contributed by atoms with Crippen molar-refractivity contribution < 1.29 is 77.6 Å². The maximum Gasteiger partial charge on any atom is 0.466 e. The molecule has 1 aliphatic rings. The van der Waals surface area contributed by atoms with Gasteiger partial charge in [0.25, 0.3) is 5.69 Å². The number of para-hydroxylation sites is 1. The number of benzene rings is 1. The number of fused-ring (bicyclic) bond motifs is 1. The number of aromatic nitrogens is 4. The fraction of sp³-hybridized carbons (Fsp3) is 0.353. The lowest BCUT2D eigenvalue weighted by Crippen LogP contribution is -2.36. The summed E-state index contributed by atoms with van der Waals surface area (Å²) in [5.41, 5.74) is 5.70. The van der Waals surface area contributed by atoms with E-state index in [0.29, 0.717) is 16.7 Å². The minimum Gasteiger partial charge on any atom is -0.394 e. The number of hydrogen-bond donors (Lipinski definition) is 12. The second kappa shape index (κ2) is 15.3. The van der Waals surface area contributed by atoms with Crippen LogP contribution < -0.4 is 5.73 Å². The van der Waals surface area contributed by atoms with Gasteiger partial charge < -0.3 is 64.7 Å². The van der Waals surface area contributed by atoms with Gasteiger partial charge in [-0.1, -0.05) is 18.2 Å². The number of rotatable bonds is 5. The third-order valence-corrected chi connectivity index (χ3v) is 4.96. The molecule has 23 nitrogen and oxygen atoms in total. The molecule has 0 amide bonds. The van der Waals surface area contributed by atoms with Crippen molar-refractivity contribution in [2.75, 3.05) is 12.3 Å². The number of ether oxygens (including phenoxy) is 1. The molecule has 26 heteroatoms. The fourth-order valence-electron chi connectivity index (χ4n) is 3.67. The lowest BCUT2D eigenvalue weighted by molar-refractivity contribution is -0.385. The normalized spacial score (nSPS) is 20.2. The number of phosphoric acid groups is 3. The van der Waals surface area contributed by atoms with Gasteiger partial charge in [-0.2, -0.15) is 0 Å². The van der Waals surface area contributed by atoms with Crippen molar-refractivity contribution in [1.82, 2.24) is 19.5 Å². The van der Waals surface area contributed by atoms with Gasteiger partial charge in [0, 0.05) is 24.5 Å². The Hall–Kier alpha value is -2.82. The first-order valence-electron chi connectivity index (χ1n) is 10.9. The van der Waals surface area contributed by atoms with Crippen LogP contribution in [0, 0.1) is 10.1 Å². The first-order valence-corrected chi connectivity index (χ1v) is 15.6. The van der Waals surface area contributed by atoms with Crippen LogP contribution in [0.2, 0.25) is 0 Å². The molecule has 0 unspecified atom stereocenters. The van der Waals surface area contributed by atoms with Crippen LogP contribution >= 0.6 is 23.5 Å². The Morgan fingerprint density at radius 2 is 1.49 bits per heavy atom. The summed E-state index contributed by atoms with van der Waals surface area (Å²) in [5.74, 6) is 0.182. The van der Waals surface area contributed by atoms with Crippen molar-refractivity contribution in [3.05, 3.63) is 52.6 Å². The average molecular weight is 680 g/mol. The molecule has 242 valence electrons. The SMILES string of the molecule is Nc1ncnc2c1ncn2[C@@]1(Cc2ccccc2[N+](=O)[O-])C[C@H](O)[C@@H](CO)O1.O=P(O)(O)O.O=P(O)(O)O.O=P(O)(O)O. The summed E-state index contributed by atoms with van der Waals surface area (Å²) in [7, 11) is -13.9. The predicted octanol–water partition coefficient (Wildman–Crippen LogP) is -2.43. The highest BCUT2D eigenvalue weighted by molar-refractivity contribution is 7.45. The van der Waals surface area contributed by atoms with Gasteiger partial charge in [0.1, 0.15) is 17.9 Å². The molecule has 0 radical (unpaired) electrons. The van der Waals surface area contributed by atoms with Crippen LogP contribution in [-0.4, -0.2) is 97.5 Å². The summed E-state index contributed by atoms with van der Waals surface area (Å²) < 4.78 is 34.3. The van der Waals surface area contributed by atoms with Gasteiger partial charge in [-0.25, -0.2) is 28.6 Å². The van der Waals surface area contributed by atoms with Gasteiger partial charge in [-0.15, -0.1) is 0 Å². The fourth-order valence-corrected chi connectivity index (χ4v) is 3.67. The molecule has 1 aromatic carbocycles. The number of nitro groups is 1. The zero-order valence-electron chi connectivity index (χ0n) is 21.3. The lowest BCUT2D eigenvalue weighted by Gasteiger charge is -2.31. The molecule has 0 saturated carbocycles. The van der Waals surface area contributed by atoms with Crippen molar-refractivity contribution in [3.63, 3.8) is 0 Å². The van der Waals surface area contributed by atoms with Crippen molar-refractivity contribution in [1.29, 1.82) is 0 Å². The molecule has 4 rings (SSSR count). The van der Waals surface area contributed by atoms with E-state index in [9.17, 15) is 20.3 Å². The first kappa shape index (κ1) is 38.2. The number of nitrogens with zero attached hydrogens (tertiary/aromatic N) is 5. The second-order valence-corrected chi connectivity index (χ2v) is 11.3. The Labute approximate surface area is 239 Å². The van der Waals surface area contributed by atoms with E-state index in [1.807, 2.05) is 0 Å². The maximum absolute atomic E-state index is 11.4. The van der Waals surface area contributed by atoms with Gasteiger partial charge in [-0.3, -0.25) is 14.7 Å². The number of nitrogen functional groups attached to an aromatic ring is 1. The molecule has 1 aliphatic heterocycles. The molecular weight excluding hydrogens is 653 g/mol. The van der Waals surface area contributed by atoms with Crippen LogP contribution in [0.4, 0.5) is 11.5 Å². The number of nitrogens with two attached hydrogens (primary N) is 1. The predicted molar refractivity (Wildman–Crippen MR) is 140 cm³/mol. The lowest BCUT2D eigenvalue weighted by atomic mass is 9.96. The third-order valence-electron chi connectivity index (χ3n) is 4.96. The second-order valence-electron chi connectivity index (χ2n) is 8.20. The summed E-state index contributed by atoms with van der Waals surface area (Å²) in [4.78, 5) is 88.0. The van der Waals surface area contributed by atoms with Crippen molar-refractivity contribution in [3.8, 4) is 0 Å². The minimum atomic E-state index is -4.64. The number of nitro benzene ring substituents is 1. The number of aliphatic hydroxyl groups is 2. The van der Waals surface area contributed by atoms with E-state index in [-0.39, 0.29) is 24.3 Å². The summed E-state index contributed by atoms with van der Waals surface area (Å²) in [5, 5.41) is 31.4. The highest BCUT2D eigenvalue weighted by atomic mass is 31.2. The summed E-state index contributed by atoms with van der Waals surface area (Å²) >= 11 is 0. The van der Waals surface area contributed by atoms with Gasteiger partial charge in [0.05, 0.1) is 24.0 Å². The van der Waals surface area contributed by atoms with E-state index in [1.54, 1.807) is 22.8 Å². The Bertz CT molecular complexity index is 1450. The quantitative estimate of drug-likeness (QED) is 0.0756. The van der Waals surface area contributed by atoms with Crippen LogP contribution in [0.5, 0.6) is 0 Å². The number of imidazole rings is 1. The molecule has 43 heavy (non-hydrogen) atoms. The Morgan fingerprint density at radius 3 is 1.95 bits per heavy atom. The number of aliphatic hydroxyl groups excluding tert-OH is 2. The van der Waals surface area contributed by atoms with E-state index in [0.717, 1.165) is 0 Å². The molecule has 1 saturated heterocycles. The molecule has 0 bridgehead atoms. The molecule has 2 aromatic heterocycles. The highest BCUT2D eigenvalue weighted by Gasteiger charge is 2.49. The van der Waals surface area contributed by atoms with Gasteiger partial charge in [0.15, 0.2) is 17.2 Å². The molecule has 1 fully saturated rings. The van der Waals surface area contributed by atoms with Gasteiger partial charge >= 0.3 is 23.5 Å². The molecular formula is C17H27N6O17P3. The number of anilines is 1. The molecule has 13 N–H and O–H groups in total. The largest absolute Gasteiger partial charge is 0.466 e. The highest BCUT2D eigenvalue weighted by Crippen LogP contribution is 2.41. The average Bonchev–Trinajstić information content (AvgIpc) is 3.38. The van der Waals surface area contributed by atoms with Crippen LogP contribution in [0.1, 0.15) is 12.0 Å². The molecule has 3 atom stereocenters. The zero-order valence-corrected chi connectivity index (χ0v) is 23.9. The molecule has 3 heterocycles. The molecule has 0 spiro atoms. The van der Waals surface area contributed by atoms with Crippen LogP contribution in [0.25, 0.3) is 11.2 Å². The smallest absolute Gasteiger partial charge is 0.394 e. The topological polar surface area (TPSA) is 396 Å². The van der Waals surface area contributed by atoms with E-state index in [1.165, 1.54) is 18.7 Å². The van der Waals surface area contributed by atoms with E-state index >= 15 is 0 Å². The van der Waals surface area contributed by atoms with Gasteiger partial charge in [0.2, 0.25) is 0 Å². The van der Waals surface area contributed by atoms with Crippen molar-refractivity contribution >= 4 is 46.1 Å². The van der Waals surface area contributed by atoms with E-state index in [2.05, 4.69) is 15.0 Å². The Kier molecular flexibility index (Phi) is 13.6. The summed E-state index contributed by atoms with van der Waals surface area (Å²) in [6.07, 6.45) is 1.07. The maximum atomic E-state index is 11.4. The van der Waals surface area contributed by atoms with Crippen molar-refractivity contribution in [2.24, 2.45) is 0 Å². The van der Waals surface area contributed by atoms with Crippen LogP contribution in [-0.2, 0) is 30.6 Å². The standard InChI is InChI=1S/C17H18N6O5.3H3O4P/c18-15-14-16(20-8-19-15)22(9-21-14)17(6-12(25)13(7-24)28-17)5-10-3-1-2-4-11(10)23(26)27;3*1-5(2,3)4/h1-4,8-9,12-13,24-25H,5-7H2,(H2,18,19,20);3*(H3,1,2,3,4)/t12-,13+,17+;;;/m0.../s1. The van der Waals surface area contributed by atoms with Gasteiger partial charge in [-0.05, 0) is 0 Å². The summed E-state index contributed by atoms with van der Waals surface area (Å²) in [6.45, 7) is -0.399. The van der Waals surface area contributed by atoms with Crippen molar-refractivity contribution in [2.45, 2.75) is 30.8 Å². The van der Waals surface area contributed by atoms with E-state index in [4.69, 9.17) is 68.2 Å².